The van der Waals surface area contributed by atoms with Crippen molar-refractivity contribution in [3.05, 3.63) is 28.8 Å². The molecule has 0 amide bonds. The second-order valence-corrected chi connectivity index (χ2v) is 7.61. The Morgan fingerprint density at radius 2 is 1.91 bits per heavy atom. The second-order valence-electron chi connectivity index (χ2n) is 7.61. The molecule has 0 heterocycles. The first-order valence-electron chi connectivity index (χ1n) is 8.85. The van der Waals surface area contributed by atoms with Gasteiger partial charge in [-0.25, -0.2) is 0 Å². The molecule has 1 aliphatic rings. The van der Waals surface area contributed by atoms with Crippen LogP contribution in [0.3, 0.4) is 0 Å². The van der Waals surface area contributed by atoms with Gasteiger partial charge in [0.25, 0.3) is 0 Å². The zero-order valence-electron chi connectivity index (χ0n) is 15.4. The van der Waals surface area contributed by atoms with Crippen LogP contribution < -0.4 is 10.1 Å². The van der Waals surface area contributed by atoms with Gasteiger partial charge in [0.2, 0.25) is 0 Å². The first kappa shape index (κ1) is 18.0. The Kier molecular flexibility index (Phi) is 6.23. The van der Waals surface area contributed by atoms with Crippen molar-refractivity contribution in [1.82, 2.24) is 5.32 Å². The third kappa shape index (κ3) is 4.81. The van der Waals surface area contributed by atoms with Gasteiger partial charge in [0.1, 0.15) is 5.75 Å². The van der Waals surface area contributed by atoms with Gasteiger partial charge in [-0.1, -0.05) is 46.1 Å². The molecule has 1 fully saturated rings. The fourth-order valence-electron chi connectivity index (χ4n) is 3.23. The van der Waals surface area contributed by atoms with E-state index in [2.05, 4.69) is 38.2 Å². The molecule has 23 heavy (non-hydrogen) atoms. The Morgan fingerprint density at radius 1 is 1.22 bits per heavy atom. The Bertz CT molecular complexity index is 537. The molecule has 1 aromatic carbocycles. The summed E-state index contributed by atoms with van der Waals surface area (Å²) >= 11 is 0. The Morgan fingerprint density at radius 3 is 2.48 bits per heavy atom. The summed E-state index contributed by atoms with van der Waals surface area (Å²) in [6.45, 7) is 7.55. The van der Waals surface area contributed by atoms with E-state index >= 15 is 0 Å². The summed E-state index contributed by atoms with van der Waals surface area (Å²) in [6, 6.07) is 4.98. The number of hydrogen-bond acceptors (Lipinski definition) is 3. The Balaban J connectivity index is 2.37. The molecule has 2 rings (SSSR count). The van der Waals surface area contributed by atoms with Crippen LogP contribution in [0.1, 0.15) is 69.6 Å². The number of nitrogens with one attached hydrogen (secondary N) is 1. The van der Waals surface area contributed by atoms with Crippen LogP contribution >= 0.6 is 0 Å². The van der Waals surface area contributed by atoms with Crippen LogP contribution in [-0.2, 0) is 12.0 Å². The number of benzene rings is 1. The lowest BCUT2D eigenvalue weighted by atomic mass is 9.84. The van der Waals surface area contributed by atoms with Crippen LogP contribution in [-0.4, -0.2) is 26.4 Å². The fraction of sp³-hybridized carbons (Fsp3) is 0.650. The number of hydrogen-bond donors (Lipinski definition) is 1. The first-order valence-corrected chi connectivity index (χ1v) is 8.85. The van der Waals surface area contributed by atoms with E-state index in [9.17, 15) is 0 Å². The molecule has 0 bridgehead atoms. The summed E-state index contributed by atoms with van der Waals surface area (Å²) in [7, 11) is 3.72. The molecule has 0 radical (unpaired) electrons. The number of rotatable bonds is 5. The smallest absolute Gasteiger partial charge is 0.132 e. The van der Waals surface area contributed by atoms with E-state index in [1.807, 2.05) is 13.3 Å². The van der Waals surface area contributed by atoms with Gasteiger partial charge in [0, 0.05) is 29.9 Å². The van der Waals surface area contributed by atoms with Gasteiger partial charge >= 0.3 is 0 Å². The molecule has 1 saturated carbocycles. The van der Waals surface area contributed by atoms with Crippen molar-refractivity contribution in [2.45, 2.75) is 70.9 Å². The van der Waals surface area contributed by atoms with E-state index in [4.69, 9.17) is 9.73 Å². The van der Waals surface area contributed by atoms with E-state index in [0.29, 0.717) is 6.04 Å². The third-order valence-electron chi connectivity index (χ3n) is 4.63. The van der Waals surface area contributed by atoms with E-state index in [1.54, 1.807) is 7.11 Å². The second kappa shape index (κ2) is 7.96. The monoisotopic (exact) mass is 316 g/mol. The molecule has 0 unspecified atom stereocenters. The highest BCUT2D eigenvalue weighted by Crippen LogP contribution is 2.31. The minimum absolute atomic E-state index is 0.113. The normalized spacial score (nSPS) is 16.9. The fourth-order valence-corrected chi connectivity index (χ4v) is 3.23. The number of methoxy groups -OCH3 is 1. The van der Waals surface area contributed by atoms with Gasteiger partial charge in [-0.15, -0.1) is 0 Å². The molecular formula is C20H32N2O. The quantitative estimate of drug-likeness (QED) is 0.814. The summed E-state index contributed by atoms with van der Waals surface area (Å²) in [6.07, 6.45) is 8.48. The lowest BCUT2D eigenvalue weighted by molar-refractivity contribution is 0.407. The summed E-state index contributed by atoms with van der Waals surface area (Å²) in [5.41, 5.74) is 3.75. The van der Waals surface area contributed by atoms with E-state index in [-0.39, 0.29) is 5.41 Å². The van der Waals surface area contributed by atoms with Crippen LogP contribution in [0.4, 0.5) is 0 Å². The minimum Gasteiger partial charge on any atom is -0.496 e. The summed E-state index contributed by atoms with van der Waals surface area (Å²) in [4.78, 5) is 4.86. The average Bonchev–Trinajstić information content (AvgIpc) is 2.53. The van der Waals surface area contributed by atoms with Crippen molar-refractivity contribution in [2.24, 2.45) is 4.99 Å². The highest BCUT2D eigenvalue weighted by atomic mass is 16.5. The van der Waals surface area contributed by atoms with Crippen LogP contribution in [0.5, 0.6) is 5.75 Å². The van der Waals surface area contributed by atoms with E-state index in [0.717, 1.165) is 17.9 Å². The molecule has 0 atom stereocenters. The van der Waals surface area contributed by atoms with Gasteiger partial charge in [-0.2, -0.15) is 0 Å². The molecule has 0 aromatic heterocycles. The van der Waals surface area contributed by atoms with Gasteiger partial charge in [-0.3, -0.25) is 4.99 Å². The first-order chi connectivity index (χ1) is 11.0. The minimum atomic E-state index is 0.113. The predicted molar refractivity (Wildman–Crippen MR) is 98.9 cm³/mol. The molecule has 0 saturated heterocycles. The Labute approximate surface area is 141 Å². The van der Waals surface area contributed by atoms with Crippen LogP contribution in [0, 0.1) is 0 Å². The number of nitrogens with zero attached hydrogens (tertiary/aromatic N) is 1. The molecule has 1 aromatic rings. The molecular weight excluding hydrogens is 284 g/mol. The maximum atomic E-state index is 5.71. The van der Waals surface area contributed by atoms with Crippen molar-refractivity contribution >= 4 is 6.21 Å². The van der Waals surface area contributed by atoms with Gasteiger partial charge in [0.15, 0.2) is 0 Å². The van der Waals surface area contributed by atoms with Gasteiger partial charge in [-0.05, 0) is 36.9 Å². The molecule has 3 nitrogen and oxygen atoms in total. The maximum Gasteiger partial charge on any atom is 0.132 e. The zero-order valence-corrected chi connectivity index (χ0v) is 15.4. The lowest BCUT2D eigenvalue weighted by Gasteiger charge is -2.23. The average molecular weight is 316 g/mol. The predicted octanol–water partition coefficient (Wildman–Crippen LogP) is 4.46. The van der Waals surface area contributed by atoms with Crippen molar-refractivity contribution in [3.63, 3.8) is 0 Å². The van der Waals surface area contributed by atoms with Crippen LogP contribution in [0.2, 0.25) is 0 Å². The Hall–Kier alpha value is -1.35. The zero-order chi connectivity index (χ0) is 16.9. The van der Waals surface area contributed by atoms with Crippen LogP contribution in [0.25, 0.3) is 0 Å². The van der Waals surface area contributed by atoms with Gasteiger partial charge in [0.05, 0.1) is 7.11 Å². The molecule has 128 valence electrons. The molecule has 3 heteroatoms. The van der Waals surface area contributed by atoms with Crippen molar-refractivity contribution in [2.75, 3.05) is 14.2 Å². The molecule has 0 aliphatic heterocycles. The summed E-state index contributed by atoms with van der Waals surface area (Å²) in [5.74, 6) is 0.951. The summed E-state index contributed by atoms with van der Waals surface area (Å²) in [5, 5.41) is 3.25. The highest BCUT2D eigenvalue weighted by molar-refractivity contribution is 5.85. The van der Waals surface area contributed by atoms with Crippen LogP contribution in [0.15, 0.2) is 17.1 Å². The lowest BCUT2D eigenvalue weighted by Crippen LogP contribution is -2.15. The largest absolute Gasteiger partial charge is 0.496 e. The van der Waals surface area contributed by atoms with Crippen molar-refractivity contribution < 1.29 is 4.74 Å². The van der Waals surface area contributed by atoms with Crippen molar-refractivity contribution in [1.29, 1.82) is 0 Å². The molecule has 1 aliphatic carbocycles. The number of ether oxygens (including phenoxy) is 1. The van der Waals surface area contributed by atoms with E-state index in [1.165, 1.54) is 43.2 Å². The van der Waals surface area contributed by atoms with Gasteiger partial charge < -0.3 is 10.1 Å². The molecule has 0 spiro atoms. The number of aliphatic imine (C=N–C) groups is 1. The SMILES string of the molecule is CNCc1cc(C(C)(C)C)cc(/C=N/C2CCCCC2)c1OC. The maximum absolute atomic E-state index is 5.71. The van der Waals surface area contributed by atoms with E-state index < -0.39 is 0 Å². The highest BCUT2D eigenvalue weighted by Gasteiger charge is 2.19. The summed E-state index contributed by atoms with van der Waals surface area (Å²) < 4.78 is 5.71. The topological polar surface area (TPSA) is 33.6 Å². The standard InChI is InChI=1S/C20H32N2O/c1-20(2,3)17-11-15(13-21-4)19(23-5)16(12-17)14-22-18-9-7-6-8-10-18/h11-12,14,18,21H,6-10,13H2,1-5H3/b22-14+. The molecule has 1 N–H and O–H groups in total. The third-order valence-corrected chi connectivity index (χ3v) is 4.63. The van der Waals surface area contributed by atoms with Crippen molar-refractivity contribution in [3.8, 4) is 5.75 Å².